The summed E-state index contributed by atoms with van der Waals surface area (Å²) in [6, 6.07) is 2.58. The summed E-state index contributed by atoms with van der Waals surface area (Å²) in [4.78, 5) is 32.1. The Morgan fingerprint density at radius 2 is 1.82 bits per heavy atom. The van der Waals surface area contributed by atoms with Crippen LogP contribution in [-0.4, -0.2) is 76.4 Å². The lowest BCUT2D eigenvalue weighted by Crippen LogP contribution is -2.66. The van der Waals surface area contributed by atoms with E-state index in [9.17, 15) is 27.3 Å². The standard InChI is InChI=1S/C26H31F2N7O3S/c1-15-12-34(24(36)26(5)6-7-39(26,37)38)16(2)11-33(15)22-20-23(32-14-31-22)35(13-25(20,3)4)17-8-18(21(27)28)19(9-29)30-10-17/h8,10,14-16,21H,6-7,11-13H2,1-5H3/t15-,16+,26?/m0/s1. The molecule has 1 amide bonds. The van der Waals surface area contributed by atoms with Crippen LogP contribution in [0.3, 0.4) is 0 Å². The van der Waals surface area contributed by atoms with Crippen molar-refractivity contribution < 1.29 is 22.0 Å². The van der Waals surface area contributed by atoms with Gasteiger partial charge in [-0.1, -0.05) is 13.8 Å². The molecule has 0 aliphatic carbocycles. The number of sulfone groups is 1. The monoisotopic (exact) mass is 559 g/mol. The van der Waals surface area contributed by atoms with E-state index in [0.717, 1.165) is 5.56 Å². The molecule has 39 heavy (non-hydrogen) atoms. The molecule has 2 saturated heterocycles. The van der Waals surface area contributed by atoms with Gasteiger partial charge >= 0.3 is 0 Å². The maximum Gasteiger partial charge on any atom is 0.266 e. The number of carbonyl (C=O) groups excluding carboxylic acids is 1. The fraction of sp³-hybridized carbons (Fsp3) is 0.577. The normalized spacial score (nSPS) is 27.2. The molecule has 2 aromatic rings. The Morgan fingerprint density at radius 1 is 1.13 bits per heavy atom. The molecule has 0 N–H and O–H groups in total. The third kappa shape index (κ3) is 4.11. The first-order valence-electron chi connectivity index (χ1n) is 12.8. The van der Waals surface area contributed by atoms with Crippen LogP contribution < -0.4 is 9.80 Å². The highest BCUT2D eigenvalue weighted by atomic mass is 32.2. The molecule has 2 fully saturated rings. The first-order valence-corrected chi connectivity index (χ1v) is 14.5. The maximum atomic E-state index is 13.6. The molecule has 1 unspecified atom stereocenters. The van der Waals surface area contributed by atoms with Crippen molar-refractivity contribution in [2.75, 3.05) is 35.2 Å². The molecular formula is C26H31F2N7O3S. The number of aromatic nitrogens is 3. The third-order valence-electron chi connectivity index (χ3n) is 8.35. The number of rotatable bonds is 4. The molecule has 0 radical (unpaired) electrons. The molecule has 13 heteroatoms. The summed E-state index contributed by atoms with van der Waals surface area (Å²) >= 11 is 0. The summed E-state index contributed by atoms with van der Waals surface area (Å²) in [6.07, 6.45) is 0.323. The van der Waals surface area contributed by atoms with Crippen LogP contribution in [0.1, 0.15) is 64.3 Å². The van der Waals surface area contributed by atoms with E-state index in [1.165, 1.54) is 25.5 Å². The zero-order valence-electron chi connectivity index (χ0n) is 22.5. The van der Waals surface area contributed by atoms with Crippen molar-refractivity contribution in [1.29, 1.82) is 5.26 Å². The van der Waals surface area contributed by atoms with E-state index in [-0.39, 0.29) is 29.4 Å². The van der Waals surface area contributed by atoms with E-state index in [1.54, 1.807) is 11.0 Å². The van der Waals surface area contributed by atoms with Gasteiger partial charge in [0.15, 0.2) is 9.84 Å². The second-order valence-electron chi connectivity index (χ2n) is 11.5. The average molecular weight is 560 g/mol. The fourth-order valence-electron chi connectivity index (χ4n) is 5.86. The van der Waals surface area contributed by atoms with Gasteiger partial charge in [0, 0.05) is 42.7 Å². The van der Waals surface area contributed by atoms with Crippen LogP contribution in [0.25, 0.3) is 0 Å². The molecule has 5 rings (SSSR count). The van der Waals surface area contributed by atoms with Gasteiger partial charge in [0.1, 0.15) is 34.5 Å². The first kappa shape index (κ1) is 27.2. The molecule has 3 aliphatic heterocycles. The second kappa shape index (κ2) is 9.08. The quantitative estimate of drug-likeness (QED) is 0.556. The summed E-state index contributed by atoms with van der Waals surface area (Å²) < 4.78 is 50.7. The molecular weight excluding hydrogens is 528 g/mol. The number of amides is 1. The number of fused-ring (bicyclic) bond motifs is 1. The molecule has 208 valence electrons. The molecule has 3 aliphatic rings. The van der Waals surface area contributed by atoms with Crippen molar-refractivity contribution in [2.24, 2.45) is 0 Å². The molecule has 2 aromatic heterocycles. The minimum absolute atomic E-state index is 0.0331. The lowest BCUT2D eigenvalue weighted by molar-refractivity contribution is -0.137. The molecule has 3 atom stereocenters. The number of pyridine rings is 1. The highest BCUT2D eigenvalue weighted by Gasteiger charge is 2.57. The maximum absolute atomic E-state index is 13.6. The van der Waals surface area contributed by atoms with Crippen LogP contribution in [-0.2, 0) is 20.0 Å². The van der Waals surface area contributed by atoms with Gasteiger partial charge in [0.2, 0.25) is 5.91 Å². The van der Waals surface area contributed by atoms with Crippen LogP contribution in [0, 0.1) is 11.3 Å². The Balaban J connectivity index is 1.48. The zero-order valence-corrected chi connectivity index (χ0v) is 23.3. The van der Waals surface area contributed by atoms with E-state index in [0.29, 0.717) is 43.4 Å². The van der Waals surface area contributed by atoms with Crippen molar-refractivity contribution in [2.45, 2.75) is 69.7 Å². The fourth-order valence-corrected chi connectivity index (χ4v) is 7.39. The van der Waals surface area contributed by atoms with E-state index in [2.05, 4.69) is 19.9 Å². The van der Waals surface area contributed by atoms with Crippen LogP contribution in [0.5, 0.6) is 0 Å². The topological polar surface area (TPSA) is 123 Å². The molecule has 0 saturated carbocycles. The summed E-state index contributed by atoms with van der Waals surface area (Å²) in [5.41, 5.74) is 0.0530. The molecule has 10 nitrogen and oxygen atoms in total. The number of carbonyl (C=O) groups is 1. The Morgan fingerprint density at radius 3 is 2.41 bits per heavy atom. The minimum Gasteiger partial charge on any atom is -0.350 e. The van der Waals surface area contributed by atoms with Gasteiger partial charge in [-0.3, -0.25) is 4.79 Å². The second-order valence-corrected chi connectivity index (χ2v) is 14.1. The van der Waals surface area contributed by atoms with Crippen LogP contribution in [0.4, 0.5) is 26.1 Å². The number of hydrogen-bond acceptors (Lipinski definition) is 9. The zero-order chi connectivity index (χ0) is 28.5. The number of halogens is 2. The average Bonchev–Trinajstić information content (AvgIpc) is 3.18. The van der Waals surface area contributed by atoms with Gasteiger partial charge in [-0.2, -0.15) is 5.26 Å². The van der Waals surface area contributed by atoms with Crippen LogP contribution >= 0.6 is 0 Å². The van der Waals surface area contributed by atoms with Crippen LogP contribution in [0.15, 0.2) is 18.6 Å². The minimum atomic E-state index is -3.45. The number of nitrogens with zero attached hydrogens (tertiary/aromatic N) is 7. The van der Waals surface area contributed by atoms with Crippen molar-refractivity contribution in [1.82, 2.24) is 19.9 Å². The summed E-state index contributed by atoms with van der Waals surface area (Å²) in [5.74, 6) is 0.946. The Kier molecular flexibility index (Phi) is 6.33. The lowest BCUT2D eigenvalue weighted by atomic mass is 9.87. The van der Waals surface area contributed by atoms with E-state index >= 15 is 0 Å². The van der Waals surface area contributed by atoms with Crippen molar-refractivity contribution in [3.8, 4) is 6.07 Å². The summed E-state index contributed by atoms with van der Waals surface area (Å²) in [6.45, 7) is 10.7. The number of hydrogen-bond donors (Lipinski definition) is 0. The van der Waals surface area contributed by atoms with Gasteiger partial charge in [0.05, 0.1) is 23.2 Å². The van der Waals surface area contributed by atoms with Gasteiger partial charge in [0.25, 0.3) is 6.43 Å². The van der Waals surface area contributed by atoms with Gasteiger partial charge in [-0.15, -0.1) is 0 Å². The summed E-state index contributed by atoms with van der Waals surface area (Å²) in [5, 5.41) is 9.19. The van der Waals surface area contributed by atoms with E-state index in [4.69, 9.17) is 0 Å². The number of alkyl halides is 2. The molecule has 0 aromatic carbocycles. The molecule has 0 spiro atoms. The first-order chi connectivity index (χ1) is 18.2. The van der Waals surface area contributed by atoms with Crippen molar-refractivity contribution in [3.05, 3.63) is 35.4 Å². The molecule has 0 bridgehead atoms. The summed E-state index contributed by atoms with van der Waals surface area (Å²) in [7, 11) is -3.45. The highest BCUT2D eigenvalue weighted by molar-refractivity contribution is 7.95. The smallest absolute Gasteiger partial charge is 0.266 e. The van der Waals surface area contributed by atoms with Gasteiger partial charge < -0.3 is 14.7 Å². The van der Waals surface area contributed by atoms with E-state index < -0.39 is 32.0 Å². The van der Waals surface area contributed by atoms with Crippen molar-refractivity contribution in [3.63, 3.8) is 0 Å². The Labute approximate surface area is 226 Å². The number of anilines is 3. The third-order valence-corrected chi connectivity index (χ3v) is 10.8. The predicted octanol–water partition coefficient (Wildman–Crippen LogP) is 3.11. The Hall–Kier alpha value is -3.40. The van der Waals surface area contributed by atoms with Crippen molar-refractivity contribution >= 4 is 33.1 Å². The van der Waals surface area contributed by atoms with E-state index in [1.807, 2.05) is 32.6 Å². The largest absolute Gasteiger partial charge is 0.350 e. The molecule has 5 heterocycles. The highest BCUT2D eigenvalue weighted by Crippen LogP contribution is 2.48. The SMILES string of the molecule is C[C@@H]1CN(c2ncnc3c2C(C)(C)CN3c2cnc(C#N)c(C(F)F)c2)[C@@H](C)CN1C(=O)C1(C)CCS1(=O)=O. The van der Waals surface area contributed by atoms with Gasteiger partial charge in [-0.05, 0) is 33.3 Å². The van der Waals surface area contributed by atoms with Crippen LogP contribution in [0.2, 0.25) is 0 Å². The predicted molar refractivity (Wildman–Crippen MR) is 141 cm³/mol. The van der Waals surface area contributed by atoms with Gasteiger partial charge in [-0.25, -0.2) is 32.2 Å². The number of piperazine rings is 1. The lowest BCUT2D eigenvalue weighted by Gasteiger charge is -2.49. The number of nitriles is 1. The Bertz CT molecular complexity index is 1490.